The Morgan fingerprint density at radius 3 is 2.68 bits per heavy atom. The Kier molecular flexibility index (Phi) is 6.56. The SMILES string of the molecule is C=C1CC2(C=CN=C1Nc1ccc(/C(N)=C/CC)c(CC)c1)CC=C2c1ccc(C)c(F)c1F. The molecule has 176 valence electrons. The molecule has 2 aromatic carbocycles. The van der Waals surface area contributed by atoms with Crippen molar-refractivity contribution in [1.29, 1.82) is 0 Å². The van der Waals surface area contributed by atoms with Gasteiger partial charge in [-0.05, 0) is 67.0 Å². The lowest BCUT2D eigenvalue weighted by Crippen LogP contribution is -2.29. The molecule has 0 saturated heterocycles. The normalized spacial score (nSPS) is 20.0. The van der Waals surface area contributed by atoms with E-state index in [1.807, 2.05) is 30.4 Å². The number of hydrogen-bond donors (Lipinski definition) is 2. The average Bonchev–Trinajstić information content (AvgIpc) is 2.99. The predicted molar refractivity (Wildman–Crippen MR) is 138 cm³/mol. The van der Waals surface area contributed by atoms with Gasteiger partial charge in [-0.1, -0.05) is 56.9 Å². The molecule has 1 unspecified atom stereocenters. The first kappa shape index (κ1) is 23.7. The van der Waals surface area contributed by atoms with Gasteiger partial charge in [-0.3, -0.25) is 0 Å². The van der Waals surface area contributed by atoms with Crippen molar-refractivity contribution in [2.45, 2.75) is 46.5 Å². The van der Waals surface area contributed by atoms with E-state index in [9.17, 15) is 8.78 Å². The van der Waals surface area contributed by atoms with Crippen LogP contribution in [-0.2, 0) is 6.42 Å². The van der Waals surface area contributed by atoms with E-state index in [4.69, 9.17) is 5.73 Å². The highest BCUT2D eigenvalue weighted by atomic mass is 19.2. The van der Waals surface area contributed by atoms with Gasteiger partial charge in [-0.15, -0.1) is 0 Å². The number of amidine groups is 1. The van der Waals surface area contributed by atoms with Crippen LogP contribution in [0.3, 0.4) is 0 Å². The zero-order chi connectivity index (χ0) is 24.5. The summed E-state index contributed by atoms with van der Waals surface area (Å²) in [5.74, 6) is -0.918. The number of nitrogens with two attached hydrogens (primary N) is 1. The Bertz CT molecular complexity index is 1270. The molecule has 3 N–H and O–H groups in total. The van der Waals surface area contributed by atoms with Gasteiger partial charge >= 0.3 is 0 Å². The van der Waals surface area contributed by atoms with Crippen molar-refractivity contribution in [3.05, 3.63) is 101 Å². The first-order valence-corrected chi connectivity index (χ1v) is 11.7. The second-order valence-corrected chi connectivity index (χ2v) is 9.03. The number of allylic oxidation sites excluding steroid dienone is 4. The summed E-state index contributed by atoms with van der Waals surface area (Å²) in [6.45, 7) is 10.0. The largest absolute Gasteiger partial charge is 0.398 e. The van der Waals surface area contributed by atoms with E-state index in [1.165, 1.54) is 0 Å². The Hall–Kier alpha value is -3.47. The van der Waals surface area contributed by atoms with Gasteiger partial charge in [0.05, 0.1) is 0 Å². The topological polar surface area (TPSA) is 50.4 Å². The maximum atomic E-state index is 14.7. The van der Waals surface area contributed by atoms with Gasteiger partial charge in [0.2, 0.25) is 0 Å². The molecular formula is C29H31F2N3. The number of aryl methyl sites for hydroxylation is 2. The molecule has 4 rings (SSSR count). The van der Waals surface area contributed by atoms with Crippen LogP contribution < -0.4 is 11.1 Å². The van der Waals surface area contributed by atoms with Crippen LogP contribution in [0.5, 0.6) is 0 Å². The quantitative estimate of drug-likeness (QED) is 0.493. The molecule has 0 saturated carbocycles. The van der Waals surface area contributed by atoms with Crippen molar-refractivity contribution in [3.63, 3.8) is 0 Å². The summed E-state index contributed by atoms with van der Waals surface area (Å²) >= 11 is 0. The third kappa shape index (κ3) is 4.23. The number of benzene rings is 2. The lowest BCUT2D eigenvalue weighted by atomic mass is 9.63. The van der Waals surface area contributed by atoms with Gasteiger partial charge < -0.3 is 11.1 Å². The van der Waals surface area contributed by atoms with Crippen LogP contribution in [0, 0.1) is 24.0 Å². The molecular weight excluding hydrogens is 428 g/mol. The third-order valence-corrected chi connectivity index (χ3v) is 6.72. The van der Waals surface area contributed by atoms with Crippen molar-refractivity contribution in [2.24, 2.45) is 16.1 Å². The molecule has 0 radical (unpaired) electrons. The average molecular weight is 460 g/mol. The third-order valence-electron chi connectivity index (χ3n) is 6.72. The second kappa shape index (κ2) is 9.41. The van der Waals surface area contributed by atoms with Crippen LogP contribution in [-0.4, -0.2) is 5.84 Å². The molecule has 1 aliphatic carbocycles. The van der Waals surface area contributed by atoms with Crippen LogP contribution in [0.2, 0.25) is 0 Å². The number of hydrogen-bond acceptors (Lipinski definition) is 3. The maximum Gasteiger partial charge on any atom is 0.166 e. The first-order valence-electron chi connectivity index (χ1n) is 11.7. The molecule has 1 atom stereocenters. The van der Waals surface area contributed by atoms with Crippen LogP contribution >= 0.6 is 0 Å². The van der Waals surface area contributed by atoms with Crippen molar-refractivity contribution >= 4 is 22.8 Å². The smallest absolute Gasteiger partial charge is 0.166 e. The van der Waals surface area contributed by atoms with Gasteiger partial charge in [-0.2, -0.15) is 0 Å². The highest BCUT2D eigenvalue weighted by Gasteiger charge is 2.41. The van der Waals surface area contributed by atoms with E-state index in [1.54, 1.807) is 25.3 Å². The molecule has 0 amide bonds. The van der Waals surface area contributed by atoms with E-state index in [0.29, 0.717) is 23.4 Å². The van der Waals surface area contributed by atoms with E-state index in [-0.39, 0.29) is 0 Å². The Morgan fingerprint density at radius 2 is 2.00 bits per heavy atom. The summed E-state index contributed by atoms with van der Waals surface area (Å²) in [6, 6.07) is 9.39. The molecule has 5 heteroatoms. The molecule has 3 nitrogen and oxygen atoms in total. The summed E-state index contributed by atoms with van der Waals surface area (Å²) < 4.78 is 29.0. The van der Waals surface area contributed by atoms with E-state index in [0.717, 1.165) is 52.9 Å². The Morgan fingerprint density at radius 1 is 1.21 bits per heavy atom. The van der Waals surface area contributed by atoms with Crippen LogP contribution in [0.1, 0.15) is 55.4 Å². The van der Waals surface area contributed by atoms with Gasteiger partial charge in [0.1, 0.15) is 5.84 Å². The highest BCUT2D eigenvalue weighted by molar-refractivity contribution is 6.08. The van der Waals surface area contributed by atoms with Gasteiger partial charge in [0, 0.05) is 34.1 Å². The summed E-state index contributed by atoms with van der Waals surface area (Å²) in [6.07, 6.45) is 10.7. The van der Waals surface area contributed by atoms with Gasteiger partial charge in [-0.25, -0.2) is 13.8 Å². The minimum atomic E-state index is -0.795. The lowest BCUT2D eigenvalue weighted by Gasteiger charge is -2.40. The molecule has 34 heavy (non-hydrogen) atoms. The minimum Gasteiger partial charge on any atom is -0.398 e. The molecule has 2 aromatic rings. The molecule has 0 aromatic heterocycles. The van der Waals surface area contributed by atoms with Crippen LogP contribution in [0.4, 0.5) is 14.5 Å². The van der Waals surface area contributed by atoms with Gasteiger partial charge in [0.15, 0.2) is 11.6 Å². The number of halogens is 2. The Balaban J connectivity index is 1.55. The molecule has 2 aliphatic rings. The summed E-state index contributed by atoms with van der Waals surface area (Å²) in [7, 11) is 0. The highest BCUT2D eigenvalue weighted by Crippen LogP contribution is 2.53. The first-order chi connectivity index (χ1) is 16.3. The molecule has 0 bridgehead atoms. The second-order valence-electron chi connectivity index (χ2n) is 9.03. The molecule has 0 fully saturated rings. The summed E-state index contributed by atoms with van der Waals surface area (Å²) in [5.41, 5.74) is 11.9. The number of aliphatic imine (C=N–C) groups is 1. The van der Waals surface area contributed by atoms with E-state index >= 15 is 0 Å². The van der Waals surface area contributed by atoms with Crippen molar-refractivity contribution in [1.82, 2.24) is 0 Å². The van der Waals surface area contributed by atoms with Crippen molar-refractivity contribution < 1.29 is 8.78 Å². The summed E-state index contributed by atoms with van der Waals surface area (Å²) in [4.78, 5) is 4.60. The van der Waals surface area contributed by atoms with Crippen LogP contribution in [0.25, 0.3) is 11.3 Å². The molecule has 1 aliphatic heterocycles. The maximum absolute atomic E-state index is 14.7. The zero-order valence-electron chi connectivity index (χ0n) is 20.0. The fourth-order valence-electron chi connectivity index (χ4n) is 4.73. The number of nitrogens with zero attached hydrogens (tertiary/aromatic N) is 1. The van der Waals surface area contributed by atoms with E-state index in [2.05, 4.69) is 36.8 Å². The van der Waals surface area contributed by atoms with Crippen molar-refractivity contribution in [2.75, 3.05) is 5.32 Å². The Labute approximate surface area is 200 Å². The minimum absolute atomic E-state index is 0.301. The van der Waals surface area contributed by atoms with Crippen LogP contribution in [0.15, 0.2) is 71.9 Å². The van der Waals surface area contributed by atoms with Crippen molar-refractivity contribution in [3.8, 4) is 0 Å². The molecule has 1 spiro atoms. The van der Waals surface area contributed by atoms with Gasteiger partial charge in [0.25, 0.3) is 0 Å². The monoisotopic (exact) mass is 459 g/mol. The number of anilines is 1. The lowest BCUT2D eigenvalue weighted by molar-refractivity contribution is 0.465. The summed E-state index contributed by atoms with van der Waals surface area (Å²) in [5, 5.41) is 3.40. The zero-order valence-corrected chi connectivity index (χ0v) is 20.0. The predicted octanol–water partition coefficient (Wildman–Crippen LogP) is 7.30. The number of rotatable bonds is 5. The fourth-order valence-corrected chi connectivity index (χ4v) is 4.73. The standard InChI is InChI=1S/C29H31F2N3/c1-5-7-25(32)22-11-9-21(16-20(22)6-2)34-28-19(4)17-29(14-15-33-28)13-12-24(29)23-10-8-18(3)26(30)27(23)31/h7-12,14-16H,4-6,13,17,32H2,1-3H3,(H,33,34)/b25-7-. The van der Waals surface area contributed by atoms with E-state index < -0.39 is 17.0 Å². The number of nitrogens with one attached hydrogen (secondary N) is 1. The molecule has 1 heterocycles. The fraction of sp³-hybridized carbons (Fsp3) is 0.276.